The van der Waals surface area contributed by atoms with Crippen LogP contribution < -0.4 is 11.1 Å². The smallest absolute Gasteiger partial charge is 0.254 e. The van der Waals surface area contributed by atoms with E-state index in [9.17, 15) is 19.2 Å². The van der Waals surface area contributed by atoms with Crippen LogP contribution in [0.15, 0.2) is 60.7 Å². The Morgan fingerprint density at radius 2 is 1.54 bits per heavy atom. The molecule has 7 nitrogen and oxygen atoms in total. The van der Waals surface area contributed by atoms with Crippen molar-refractivity contribution in [3.8, 4) is 0 Å². The van der Waals surface area contributed by atoms with E-state index in [2.05, 4.69) is 5.32 Å². The zero-order valence-electron chi connectivity index (χ0n) is 20.4. The highest BCUT2D eigenvalue weighted by Gasteiger charge is 2.54. The molecule has 2 aromatic rings. The number of benzene rings is 2. The van der Waals surface area contributed by atoms with E-state index in [1.165, 1.54) is 7.05 Å². The van der Waals surface area contributed by atoms with Gasteiger partial charge >= 0.3 is 0 Å². The van der Waals surface area contributed by atoms with E-state index in [4.69, 9.17) is 18.0 Å². The SMILES string of the molecule is CNC(=O)[C@](Cc1ccccc1)(C(=O)C=S)N(C(=O)CC(C)C)C(=O)C(N)CCc1ccccc1. The second kappa shape index (κ2) is 13.0. The molecule has 0 spiro atoms. The molecule has 0 radical (unpaired) electrons. The van der Waals surface area contributed by atoms with Crippen molar-refractivity contribution in [1.29, 1.82) is 0 Å². The summed E-state index contributed by atoms with van der Waals surface area (Å²) in [6.07, 6.45) is 0.456. The maximum absolute atomic E-state index is 13.8. The molecule has 0 saturated carbocycles. The fourth-order valence-corrected chi connectivity index (χ4v) is 4.18. The average Bonchev–Trinajstić information content (AvgIpc) is 2.86. The Balaban J connectivity index is 2.58. The maximum Gasteiger partial charge on any atom is 0.254 e. The number of Topliss-reactive ketones (excluding diaryl/α,β-unsaturated/α-hetero) is 1. The predicted molar refractivity (Wildman–Crippen MR) is 140 cm³/mol. The first-order valence-electron chi connectivity index (χ1n) is 11.6. The highest BCUT2D eigenvalue weighted by molar-refractivity contribution is 7.80. The quantitative estimate of drug-likeness (QED) is 0.346. The van der Waals surface area contributed by atoms with Crippen LogP contribution in [0.1, 0.15) is 37.8 Å². The lowest BCUT2D eigenvalue weighted by molar-refractivity contribution is -0.163. The second-order valence-electron chi connectivity index (χ2n) is 8.88. The van der Waals surface area contributed by atoms with Gasteiger partial charge < -0.3 is 11.1 Å². The van der Waals surface area contributed by atoms with Gasteiger partial charge in [-0.15, -0.1) is 0 Å². The number of likely N-dealkylation sites (N-methyl/N-ethyl adjacent to an activating group) is 1. The molecule has 8 heteroatoms. The van der Waals surface area contributed by atoms with Gasteiger partial charge in [0.15, 0.2) is 5.54 Å². The molecule has 0 heterocycles. The van der Waals surface area contributed by atoms with Gasteiger partial charge in [0, 0.05) is 25.3 Å². The van der Waals surface area contributed by atoms with Crippen molar-refractivity contribution < 1.29 is 19.2 Å². The van der Waals surface area contributed by atoms with E-state index < -0.39 is 35.1 Å². The Hall–Kier alpha value is -3.23. The molecule has 0 aliphatic rings. The molecule has 2 atom stereocenters. The first-order chi connectivity index (χ1) is 16.7. The number of hydrogen-bond acceptors (Lipinski definition) is 6. The summed E-state index contributed by atoms with van der Waals surface area (Å²) < 4.78 is 0. The number of amides is 3. The third kappa shape index (κ3) is 6.90. The van der Waals surface area contributed by atoms with Crippen LogP contribution >= 0.6 is 12.2 Å². The Bertz CT molecular complexity index is 1040. The third-order valence-electron chi connectivity index (χ3n) is 5.76. The zero-order chi connectivity index (χ0) is 26.0. The summed E-state index contributed by atoms with van der Waals surface area (Å²) in [7, 11) is 1.35. The first-order valence-corrected chi connectivity index (χ1v) is 12.1. The maximum atomic E-state index is 13.8. The summed E-state index contributed by atoms with van der Waals surface area (Å²) in [6, 6.07) is 17.1. The Kier molecular flexibility index (Phi) is 10.4. The minimum atomic E-state index is -2.19. The minimum Gasteiger partial charge on any atom is -0.357 e. The molecule has 0 aliphatic heterocycles. The van der Waals surface area contributed by atoms with Crippen LogP contribution in [0.4, 0.5) is 0 Å². The normalized spacial score (nSPS) is 13.4. The number of hydrogen-bond donors (Lipinski definition) is 2. The fourth-order valence-electron chi connectivity index (χ4n) is 3.99. The molecule has 186 valence electrons. The Morgan fingerprint density at radius 1 is 1.00 bits per heavy atom. The third-order valence-corrected chi connectivity index (χ3v) is 5.97. The number of imide groups is 1. The number of ketones is 1. The van der Waals surface area contributed by atoms with Crippen LogP contribution in [0.2, 0.25) is 0 Å². The van der Waals surface area contributed by atoms with E-state index in [-0.39, 0.29) is 25.2 Å². The van der Waals surface area contributed by atoms with Crippen molar-refractivity contribution in [2.24, 2.45) is 11.7 Å². The number of nitrogens with zero attached hydrogens (tertiary/aromatic N) is 1. The molecule has 3 amide bonds. The summed E-state index contributed by atoms with van der Waals surface area (Å²) in [6.45, 7) is 3.63. The molecule has 2 rings (SSSR count). The number of thiocarbonyl (C=S) groups is 1. The molecule has 3 N–H and O–H groups in total. The number of carbonyl (C=O) groups is 4. The summed E-state index contributed by atoms with van der Waals surface area (Å²) in [5, 5.41) is 3.28. The molecule has 0 bridgehead atoms. The number of aryl methyl sites for hydroxylation is 1. The summed E-state index contributed by atoms with van der Waals surface area (Å²) >= 11 is 4.93. The van der Waals surface area contributed by atoms with Gasteiger partial charge in [0.25, 0.3) is 5.91 Å². The second-order valence-corrected chi connectivity index (χ2v) is 9.12. The van der Waals surface area contributed by atoms with Crippen molar-refractivity contribution in [1.82, 2.24) is 10.2 Å². The van der Waals surface area contributed by atoms with Crippen molar-refractivity contribution in [3.05, 3.63) is 71.8 Å². The Labute approximate surface area is 212 Å². The number of nitrogens with one attached hydrogen (secondary N) is 1. The van der Waals surface area contributed by atoms with Gasteiger partial charge in [-0.3, -0.25) is 24.1 Å². The summed E-state index contributed by atoms with van der Waals surface area (Å²) in [4.78, 5) is 54.8. The molecule has 35 heavy (non-hydrogen) atoms. The Morgan fingerprint density at radius 3 is 2.03 bits per heavy atom. The number of carbonyl (C=O) groups excluding carboxylic acids is 4. The first kappa shape index (κ1) is 28.0. The van der Waals surface area contributed by atoms with Crippen LogP contribution in [0, 0.1) is 5.92 Å². The van der Waals surface area contributed by atoms with Crippen molar-refractivity contribution in [2.45, 2.75) is 51.1 Å². The molecule has 0 aromatic heterocycles. The van der Waals surface area contributed by atoms with Gasteiger partial charge in [-0.2, -0.15) is 0 Å². The van der Waals surface area contributed by atoms with Crippen molar-refractivity contribution in [3.63, 3.8) is 0 Å². The van der Waals surface area contributed by atoms with Crippen LogP contribution in [0.5, 0.6) is 0 Å². The van der Waals surface area contributed by atoms with Crippen molar-refractivity contribution >= 4 is 41.1 Å². The van der Waals surface area contributed by atoms with E-state index >= 15 is 0 Å². The van der Waals surface area contributed by atoms with Gasteiger partial charge in [0.1, 0.15) is 0 Å². The van der Waals surface area contributed by atoms with Gasteiger partial charge in [-0.05, 0) is 29.9 Å². The highest BCUT2D eigenvalue weighted by Crippen LogP contribution is 2.27. The van der Waals surface area contributed by atoms with E-state index in [1.807, 2.05) is 44.2 Å². The molecule has 0 saturated heterocycles. The average molecular weight is 496 g/mol. The van der Waals surface area contributed by atoms with E-state index in [0.29, 0.717) is 12.0 Å². The van der Waals surface area contributed by atoms with Crippen LogP contribution in [0.3, 0.4) is 0 Å². The van der Waals surface area contributed by atoms with Gasteiger partial charge in [0.2, 0.25) is 17.6 Å². The molecule has 2 aromatic carbocycles. The topological polar surface area (TPSA) is 110 Å². The fraction of sp³-hybridized carbons (Fsp3) is 0.370. The molecule has 1 unspecified atom stereocenters. The largest absolute Gasteiger partial charge is 0.357 e. The van der Waals surface area contributed by atoms with Crippen molar-refractivity contribution in [2.75, 3.05) is 7.05 Å². The predicted octanol–water partition coefficient (Wildman–Crippen LogP) is 2.64. The highest BCUT2D eigenvalue weighted by atomic mass is 32.1. The van der Waals surface area contributed by atoms with Crippen LogP contribution in [-0.4, -0.2) is 52.4 Å². The molecular formula is C27H33N3O4S. The summed E-state index contributed by atoms with van der Waals surface area (Å²) in [5.41, 5.74) is 5.67. The molecule has 0 fully saturated rings. The van der Waals surface area contributed by atoms with Crippen LogP contribution in [-0.2, 0) is 32.0 Å². The lowest BCUT2D eigenvalue weighted by atomic mass is 9.82. The zero-order valence-corrected chi connectivity index (χ0v) is 21.2. The standard InChI is InChI=1S/C27H33N3O4S/c1-19(2)16-24(32)30(25(33)22(28)15-14-20-10-6-4-7-11-20)27(23(31)18-35,26(34)29-3)17-21-12-8-5-9-13-21/h4-13,18-19,22H,14-17,28H2,1-3H3,(H,29,34)/t22?,27-/m0/s1. The lowest BCUT2D eigenvalue weighted by Gasteiger charge is -2.40. The van der Waals surface area contributed by atoms with E-state index in [0.717, 1.165) is 15.8 Å². The van der Waals surface area contributed by atoms with Crippen LogP contribution in [0.25, 0.3) is 0 Å². The van der Waals surface area contributed by atoms with Gasteiger partial charge in [0.05, 0.1) is 6.04 Å². The molecular weight excluding hydrogens is 462 g/mol. The lowest BCUT2D eigenvalue weighted by Crippen LogP contribution is -2.70. The molecule has 0 aliphatic carbocycles. The van der Waals surface area contributed by atoms with E-state index in [1.54, 1.807) is 30.3 Å². The minimum absolute atomic E-state index is 0.0462. The van der Waals surface area contributed by atoms with Gasteiger partial charge in [-0.1, -0.05) is 86.7 Å². The number of rotatable bonds is 12. The van der Waals surface area contributed by atoms with Gasteiger partial charge in [-0.25, -0.2) is 0 Å². The monoisotopic (exact) mass is 495 g/mol. The number of nitrogens with two attached hydrogens (primary N) is 1. The summed E-state index contributed by atoms with van der Waals surface area (Å²) in [5.74, 6) is -3.18.